The summed E-state index contributed by atoms with van der Waals surface area (Å²) in [5.74, 6) is 0.855. The van der Waals surface area contributed by atoms with Gasteiger partial charge in [-0.3, -0.25) is 4.90 Å². The van der Waals surface area contributed by atoms with Gasteiger partial charge in [0.2, 0.25) is 0 Å². The van der Waals surface area contributed by atoms with Crippen molar-refractivity contribution in [1.29, 1.82) is 0 Å². The molecule has 1 atom stereocenters. The van der Waals surface area contributed by atoms with Crippen molar-refractivity contribution >= 4 is 0 Å². The quantitative estimate of drug-likeness (QED) is 0.764. The molecule has 2 N–H and O–H groups in total. The van der Waals surface area contributed by atoms with Gasteiger partial charge in [-0.25, -0.2) is 0 Å². The summed E-state index contributed by atoms with van der Waals surface area (Å²) in [5.41, 5.74) is 5.95. The smallest absolute Gasteiger partial charge is 0.0593 e. The van der Waals surface area contributed by atoms with Gasteiger partial charge in [0.05, 0.1) is 6.61 Å². The van der Waals surface area contributed by atoms with Crippen LogP contribution < -0.4 is 5.73 Å². The van der Waals surface area contributed by atoms with Crippen LogP contribution in [0.15, 0.2) is 0 Å². The SMILES string of the molecule is NCC(C1CCCC1)N1CCCOCC1. The largest absolute Gasteiger partial charge is 0.380 e. The number of hydrogen-bond donors (Lipinski definition) is 1. The molecule has 3 nitrogen and oxygen atoms in total. The molecule has 1 aliphatic carbocycles. The van der Waals surface area contributed by atoms with Crippen molar-refractivity contribution in [2.24, 2.45) is 11.7 Å². The minimum absolute atomic E-state index is 0.620. The maximum atomic E-state index is 5.95. The Morgan fingerprint density at radius 3 is 2.67 bits per heavy atom. The fourth-order valence-electron chi connectivity index (χ4n) is 3.08. The highest BCUT2D eigenvalue weighted by Crippen LogP contribution is 2.30. The number of hydrogen-bond acceptors (Lipinski definition) is 3. The Balaban J connectivity index is 1.91. The van der Waals surface area contributed by atoms with Crippen LogP contribution in [0.3, 0.4) is 0 Å². The molecule has 0 amide bonds. The lowest BCUT2D eigenvalue weighted by Crippen LogP contribution is -2.46. The molecule has 15 heavy (non-hydrogen) atoms. The van der Waals surface area contributed by atoms with Crippen LogP contribution >= 0.6 is 0 Å². The number of rotatable bonds is 3. The van der Waals surface area contributed by atoms with E-state index in [2.05, 4.69) is 4.90 Å². The summed E-state index contributed by atoms with van der Waals surface area (Å²) < 4.78 is 5.50. The van der Waals surface area contributed by atoms with Gasteiger partial charge in [-0.05, 0) is 25.2 Å². The third-order valence-electron chi connectivity index (χ3n) is 3.91. The summed E-state index contributed by atoms with van der Waals surface area (Å²) >= 11 is 0. The third kappa shape index (κ3) is 2.92. The molecule has 2 rings (SSSR count). The van der Waals surface area contributed by atoms with Crippen molar-refractivity contribution in [3.63, 3.8) is 0 Å². The van der Waals surface area contributed by atoms with Crippen LogP contribution in [0.5, 0.6) is 0 Å². The predicted octanol–water partition coefficient (Wildman–Crippen LogP) is 1.23. The number of nitrogens with two attached hydrogens (primary N) is 1. The number of nitrogens with zero attached hydrogens (tertiary/aromatic N) is 1. The van der Waals surface area contributed by atoms with E-state index in [1.54, 1.807) is 0 Å². The molecule has 0 aromatic carbocycles. The molecule has 0 aromatic rings. The molecule has 1 saturated heterocycles. The first-order valence-corrected chi connectivity index (χ1v) is 6.43. The van der Waals surface area contributed by atoms with E-state index in [4.69, 9.17) is 10.5 Å². The van der Waals surface area contributed by atoms with Gasteiger partial charge < -0.3 is 10.5 Å². The summed E-state index contributed by atoms with van der Waals surface area (Å²) in [7, 11) is 0. The summed E-state index contributed by atoms with van der Waals surface area (Å²) in [6.07, 6.45) is 6.76. The second-order valence-corrected chi connectivity index (χ2v) is 4.85. The molecule has 1 unspecified atom stereocenters. The molecule has 1 heterocycles. The Morgan fingerprint density at radius 2 is 1.93 bits per heavy atom. The molecular formula is C12H24N2O. The first kappa shape index (κ1) is 11.4. The minimum Gasteiger partial charge on any atom is -0.380 e. The molecular weight excluding hydrogens is 188 g/mol. The zero-order valence-corrected chi connectivity index (χ0v) is 9.66. The molecule has 3 heteroatoms. The molecule has 2 aliphatic rings. The van der Waals surface area contributed by atoms with E-state index < -0.39 is 0 Å². The van der Waals surface area contributed by atoms with E-state index in [1.165, 1.54) is 38.6 Å². The average Bonchev–Trinajstić information content (AvgIpc) is 2.63. The molecule has 0 spiro atoms. The van der Waals surface area contributed by atoms with Gasteiger partial charge in [-0.1, -0.05) is 12.8 Å². The maximum Gasteiger partial charge on any atom is 0.0593 e. The van der Waals surface area contributed by atoms with Crippen LogP contribution in [0.4, 0.5) is 0 Å². The van der Waals surface area contributed by atoms with Crippen molar-refractivity contribution in [3.05, 3.63) is 0 Å². The maximum absolute atomic E-state index is 5.95. The monoisotopic (exact) mass is 212 g/mol. The molecule has 2 fully saturated rings. The standard InChI is InChI=1S/C12H24N2O/c13-10-12(11-4-1-2-5-11)14-6-3-8-15-9-7-14/h11-12H,1-10,13H2. The van der Waals surface area contributed by atoms with Crippen LogP contribution in [-0.2, 0) is 4.74 Å². The molecule has 0 aromatic heterocycles. The molecule has 88 valence electrons. The number of ether oxygens (including phenoxy) is 1. The van der Waals surface area contributed by atoms with E-state index in [0.29, 0.717) is 6.04 Å². The zero-order chi connectivity index (χ0) is 10.5. The van der Waals surface area contributed by atoms with E-state index in [9.17, 15) is 0 Å². The van der Waals surface area contributed by atoms with E-state index in [0.717, 1.165) is 32.2 Å². The van der Waals surface area contributed by atoms with Gasteiger partial charge in [0.15, 0.2) is 0 Å². The van der Waals surface area contributed by atoms with Crippen LogP contribution in [0.2, 0.25) is 0 Å². The molecule has 1 saturated carbocycles. The van der Waals surface area contributed by atoms with Gasteiger partial charge in [-0.15, -0.1) is 0 Å². The third-order valence-corrected chi connectivity index (χ3v) is 3.91. The van der Waals surface area contributed by atoms with Crippen LogP contribution in [0.25, 0.3) is 0 Å². The van der Waals surface area contributed by atoms with Crippen molar-refractivity contribution in [1.82, 2.24) is 4.90 Å². The normalized spacial score (nSPS) is 27.8. The molecule has 0 radical (unpaired) electrons. The Hall–Kier alpha value is -0.120. The molecule has 0 bridgehead atoms. The van der Waals surface area contributed by atoms with Gasteiger partial charge in [0, 0.05) is 32.3 Å². The summed E-state index contributed by atoms with van der Waals surface area (Å²) in [6.45, 7) is 4.91. The first-order valence-electron chi connectivity index (χ1n) is 6.43. The highest BCUT2D eigenvalue weighted by molar-refractivity contribution is 4.84. The Bertz CT molecular complexity index is 172. The Labute approximate surface area is 93.0 Å². The highest BCUT2D eigenvalue weighted by Gasteiger charge is 2.28. The Kier molecular flexibility index (Phi) is 4.42. The highest BCUT2D eigenvalue weighted by atomic mass is 16.5. The fourth-order valence-corrected chi connectivity index (χ4v) is 3.08. The minimum atomic E-state index is 0.620. The first-order chi connectivity index (χ1) is 7.42. The van der Waals surface area contributed by atoms with E-state index >= 15 is 0 Å². The van der Waals surface area contributed by atoms with Crippen molar-refractivity contribution < 1.29 is 4.74 Å². The predicted molar refractivity (Wildman–Crippen MR) is 61.8 cm³/mol. The summed E-state index contributed by atoms with van der Waals surface area (Å²) in [4.78, 5) is 2.57. The topological polar surface area (TPSA) is 38.5 Å². The van der Waals surface area contributed by atoms with Crippen LogP contribution in [0, 0.1) is 5.92 Å². The van der Waals surface area contributed by atoms with Gasteiger partial charge >= 0.3 is 0 Å². The van der Waals surface area contributed by atoms with E-state index in [-0.39, 0.29) is 0 Å². The second kappa shape index (κ2) is 5.83. The van der Waals surface area contributed by atoms with Gasteiger partial charge in [0.1, 0.15) is 0 Å². The van der Waals surface area contributed by atoms with Gasteiger partial charge in [0.25, 0.3) is 0 Å². The lowest BCUT2D eigenvalue weighted by Gasteiger charge is -2.33. The molecule has 1 aliphatic heterocycles. The van der Waals surface area contributed by atoms with Gasteiger partial charge in [-0.2, -0.15) is 0 Å². The van der Waals surface area contributed by atoms with Crippen LogP contribution in [0.1, 0.15) is 32.1 Å². The lowest BCUT2D eigenvalue weighted by molar-refractivity contribution is 0.117. The van der Waals surface area contributed by atoms with Crippen LogP contribution in [-0.4, -0.2) is 43.8 Å². The van der Waals surface area contributed by atoms with E-state index in [1.807, 2.05) is 0 Å². The van der Waals surface area contributed by atoms with Crippen molar-refractivity contribution in [2.75, 3.05) is 32.8 Å². The average molecular weight is 212 g/mol. The fraction of sp³-hybridized carbons (Fsp3) is 1.00. The summed E-state index contributed by atoms with van der Waals surface area (Å²) in [5, 5.41) is 0. The lowest BCUT2D eigenvalue weighted by atomic mass is 9.96. The van der Waals surface area contributed by atoms with Crippen molar-refractivity contribution in [3.8, 4) is 0 Å². The summed E-state index contributed by atoms with van der Waals surface area (Å²) in [6, 6.07) is 0.620. The van der Waals surface area contributed by atoms with Crippen molar-refractivity contribution in [2.45, 2.75) is 38.1 Å². The Morgan fingerprint density at radius 1 is 1.13 bits per heavy atom. The zero-order valence-electron chi connectivity index (χ0n) is 9.66. The second-order valence-electron chi connectivity index (χ2n) is 4.85.